The van der Waals surface area contributed by atoms with E-state index in [4.69, 9.17) is 27.6 Å². The van der Waals surface area contributed by atoms with Crippen LogP contribution in [0.1, 0.15) is 10.6 Å². The Balaban J connectivity index is 1.89. The van der Waals surface area contributed by atoms with E-state index in [2.05, 4.69) is 21.2 Å². The number of amides is 1. The Hall–Kier alpha value is -1.49. The third-order valence-corrected chi connectivity index (χ3v) is 3.93. The highest BCUT2D eigenvalue weighted by Gasteiger charge is 2.14. The van der Waals surface area contributed by atoms with Crippen molar-refractivity contribution in [1.29, 1.82) is 0 Å². The van der Waals surface area contributed by atoms with Crippen LogP contribution in [0.25, 0.3) is 11.0 Å². The molecule has 3 aromatic rings. The van der Waals surface area contributed by atoms with Gasteiger partial charge >= 0.3 is 0 Å². The molecule has 0 saturated heterocycles. The fourth-order valence-corrected chi connectivity index (χ4v) is 2.69. The number of anilines is 1. The van der Waals surface area contributed by atoms with Crippen LogP contribution in [-0.4, -0.2) is 5.91 Å². The van der Waals surface area contributed by atoms with E-state index in [0.717, 1.165) is 9.86 Å². The van der Waals surface area contributed by atoms with Gasteiger partial charge in [0.05, 0.1) is 10.7 Å². The molecule has 0 spiro atoms. The zero-order valence-electron chi connectivity index (χ0n) is 10.5. The fraction of sp³-hybridized carbons (Fsp3) is 0. The number of carbonyl (C=O) groups excluding carboxylic acids is 1. The van der Waals surface area contributed by atoms with Crippen molar-refractivity contribution < 1.29 is 9.21 Å². The second-order valence-electron chi connectivity index (χ2n) is 4.37. The van der Waals surface area contributed by atoms with E-state index in [1.165, 1.54) is 0 Å². The largest absolute Gasteiger partial charge is 0.451 e. The average Bonchev–Trinajstić information content (AvgIpc) is 2.85. The van der Waals surface area contributed by atoms with Gasteiger partial charge in [0.25, 0.3) is 5.91 Å². The molecule has 3 rings (SSSR count). The summed E-state index contributed by atoms with van der Waals surface area (Å²) < 4.78 is 6.42. The lowest BCUT2D eigenvalue weighted by molar-refractivity contribution is 0.0998. The Morgan fingerprint density at radius 3 is 2.67 bits per heavy atom. The summed E-state index contributed by atoms with van der Waals surface area (Å²) in [6, 6.07) is 12.1. The molecule has 3 nitrogen and oxygen atoms in total. The van der Waals surface area contributed by atoms with E-state index in [1.54, 1.807) is 30.3 Å². The van der Waals surface area contributed by atoms with Gasteiger partial charge in [-0.05, 0) is 42.5 Å². The smallest absolute Gasteiger partial charge is 0.291 e. The first-order chi connectivity index (χ1) is 10.0. The van der Waals surface area contributed by atoms with E-state index in [0.29, 0.717) is 21.3 Å². The standard InChI is InChI=1S/C15H8BrCl2NO2/c16-9-2-1-8-5-14(21-13(8)6-9)15(20)19-12-4-3-10(17)7-11(12)18/h1-7H,(H,19,20). The molecule has 6 heteroatoms. The number of carbonyl (C=O) groups is 1. The third kappa shape index (κ3) is 3.07. The van der Waals surface area contributed by atoms with Crippen molar-refractivity contribution in [1.82, 2.24) is 0 Å². The molecule has 0 aliphatic rings. The molecule has 0 saturated carbocycles. The summed E-state index contributed by atoms with van der Waals surface area (Å²) in [7, 11) is 0. The van der Waals surface area contributed by atoms with Crippen molar-refractivity contribution in [2.24, 2.45) is 0 Å². The van der Waals surface area contributed by atoms with Crippen LogP contribution in [0.15, 0.2) is 51.4 Å². The molecule has 0 aliphatic carbocycles. The van der Waals surface area contributed by atoms with Gasteiger partial charge in [0.1, 0.15) is 5.58 Å². The van der Waals surface area contributed by atoms with Crippen molar-refractivity contribution in [3.05, 3.63) is 62.7 Å². The van der Waals surface area contributed by atoms with Gasteiger partial charge in [-0.25, -0.2) is 0 Å². The topological polar surface area (TPSA) is 42.2 Å². The lowest BCUT2D eigenvalue weighted by Crippen LogP contribution is -2.11. The normalized spacial score (nSPS) is 10.8. The lowest BCUT2D eigenvalue weighted by atomic mass is 10.2. The van der Waals surface area contributed by atoms with Gasteiger partial charge in [0, 0.05) is 14.9 Å². The van der Waals surface area contributed by atoms with Gasteiger partial charge in [0.15, 0.2) is 5.76 Å². The number of benzene rings is 2. The predicted octanol–water partition coefficient (Wildman–Crippen LogP) is 5.75. The van der Waals surface area contributed by atoms with Gasteiger partial charge < -0.3 is 9.73 Å². The van der Waals surface area contributed by atoms with Crippen molar-refractivity contribution >= 4 is 61.7 Å². The summed E-state index contributed by atoms with van der Waals surface area (Å²) in [6.45, 7) is 0. The Bertz CT molecular complexity index is 845. The summed E-state index contributed by atoms with van der Waals surface area (Å²) in [5.74, 6) is -0.152. The maximum atomic E-state index is 12.2. The van der Waals surface area contributed by atoms with Crippen molar-refractivity contribution in [2.45, 2.75) is 0 Å². The maximum Gasteiger partial charge on any atom is 0.291 e. The monoisotopic (exact) mass is 383 g/mol. The zero-order valence-corrected chi connectivity index (χ0v) is 13.6. The molecule has 0 radical (unpaired) electrons. The number of nitrogens with one attached hydrogen (secondary N) is 1. The van der Waals surface area contributed by atoms with E-state index in [9.17, 15) is 4.79 Å². The summed E-state index contributed by atoms with van der Waals surface area (Å²) >= 11 is 15.2. The molecular formula is C15H8BrCl2NO2. The molecule has 0 aliphatic heterocycles. The molecule has 1 heterocycles. The molecule has 106 valence electrons. The quantitative estimate of drug-likeness (QED) is 0.610. The second kappa shape index (κ2) is 5.72. The van der Waals surface area contributed by atoms with Gasteiger partial charge in [-0.3, -0.25) is 4.79 Å². The maximum absolute atomic E-state index is 12.2. The number of halogens is 3. The summed E-state index contributed by atoms with van der Waals surface area (Å²) in [5.41, 5.74) is 1.12. The fourth-order valence-electron chi connectivity index (χ4n) is 1.89. The number of rotatable bonds is 2. The van der Waals surface area contributed by atoms with Crippen LogP contribution in [0, 0.1) is 0 Å². The van der Waals surface area contributed by atoms with Gasteiger partial charge in [-0.1, -0.05) is 39.1 Å². The molecule has 1 N–H and O–H groups in total. The lowest BCUT2D eigenvalue weighted by Gasteiger charge is -2.05. The van der Waals surface area contributed by atoms with E-state index < -0.39 is 0 Å². The number of hydrogen-bond acceptors (Lipinski definition) is 2. The van der Waals surface area contributed by atoms with Crippen LogP contribution in [0.5, 0.6) is 0 Å². The van der Waals surface area contributed by atoms with Crippen LogP contribution in [0.2, 0.25) is 10.0 Å². The van der Waals surface area contributed by atoms with Crippen LogP contribution in [-0.2, 0) is 0 Å². The number of hydrogen-bond donors (Lipinski definition) is 1. The van der Waals surface area contributed by atoms with Crippen LogP contribution in [0.4, 0.5) is 5.69 Å². The van der Waals surface area contributed by atoms with Crippen LogP contribution < -0.4 is 5.32 Å². The summed E-state index contributed by atoms with van der Waals surface area (Å²) in [4.78, 5) is 12.2. The third-order valence-electron chi connectivity index (χ3n) is 2.89. The molecule has 0 atom stereocenters. The number of fused-ring (bicyclic) bond motifs is 1. The molecule has 0 fully saturated rings. The van der Waals surface area contributed by atoms with Crippen molar-refractivity contribution in [2.75, 3.05) is 5.32 Å². The minimum atomic E-state index is -0.369. The SMILES string of the molecule is O=C(Nc1ccc(Cl)cc1Cl)c1cc2ccc(Br)cc2o1. The average molecular weight is 385 g/mol. The van der Waals surface area contributed by atoms with Crippen LogP contribution in [0.3, 0.4) is 0 Å². The molecule has 1 aromatic heterocycles. The molecule has 21 heavy (non-hydrogen) atoms. The molecule has 0 bridgehead atoms. The summed E-state index contributed by atoms with van der Waals surface area (Å²) in [5, 5.41) is 4.42. The first-order valence-electron chi connectivity index (χ1n) is 5.98. The Morgan fingerprint density at radius 2 is 1.90 bits per heavy atom. The highest BCUT2D eigenvalue weighted by Crippen LogP contribution is 2.27. The highest BCUT2D eigenvalue weighted by molar-refractivity contribution is 9.10. The Morgan fingerprint density at radius 1 is 1.10 bits per heavy atom. The van der Waals surface area contributed by atoms with E-state index in [1.807, 2.05) is 12.1 Å². The molecule has 2 aromatic carbocycles. The molecular weight excluding hydrogens is 377 g/mol. The van der Waals surface area contributed by atoms with Gasteiger partial charge in [0.2, 0.25) is 0 Å². The van der Waals surface area contributed by atoms with Crippen LogP contribution >= 0.6 is 39.1 Å². The van der Waals surface area contributed by atoms with Gasteiger partial charge in [-0.15, -0.1) is 0 Å². The zero-order chi connectivity index (χ0) is 15.0. The van der Waals surface area contributed by atoms with Gasteiger partial charge in [-0.2, -0.15) is 0 Å². The first-order valence-corrected chi connectivity index (χ1v) is 7.53. The minimum Gasteiger partial charge on any atom is -0.451 e. The highest BCUT2D eigenvalue weighted by atomic mass is 79.9. The molecule has 0 unspecified atom stereocenters. The summed E-state index contributed by atoms with van der Waals surface area (Å²) in [6.07, 6.45) is 0. The van der Waals surface area contributed by atoms with E-state index >= 15 is 0 Å². The Kier molecular flexibility index (Phi) is 3.93. The Labute approximate surface area is 139 Å². The van der Waals surface area contributed by atoms with Crippen molar-refractivity contribution in [3.8, 4) is 0 Å². The predicted molar refractivity (Wildman–Crippen MR) is 88.3 cm³/mol. The number of furan rings is 1. The molecule has 1 amide bonds. The minimum absolute atomic E-state index is 0.217. The first kappa shape index (κ1) is 14.4. The second-order valence-corrected chi connectivity index (χ2v) is 6.13. The van der Waals surface area contributed by atoms with E-state index in [-0.39, 0.29) is 11.7 Å². The van der Waals surface area contributed by atoms with Crippen molar-refractivity contribution in [3.63, 3.8) is 0 Å².